The van der Waals surface area contributed by atoms with Crippen molar-refractivity contribution in [1.82, 2.24) is 4.98 Å². The fourth-order valence-electron chi connectivity index (χ4n) is 1.55. The fraction of sp³-hybridized carbons (Fsp3) is 0.0833. The number of aromatic nitrogens is 1. The Morgan fingerprint density at radius 1 is 1.07 bits per heavy atom. The number of pyridine rings is 1. The minimum atomic E-state index is -0.140. The van der Waals surface area contributed by atoms with Gasteiger partial charge in [-0.2, -0.15) is 0 Å². The average molecular weight is 201 g/mol. The SMILES string of the molecule is O=c1[nH]cccc1-c1ccccc1CO. The molecule has 0 saturated carbocycles. The highest BCUT2D eigenvalue weighted by Gasteiger charge is 2.06. The molecule has 0 aliphatic carbocycles. The van der Waals surface area contributed by atoms with E-state index in [0.29, 0.717) is 5.56 Å². The summed E-state index contributed by atoms with van der Waals surface area (Å²) < 4.78 is 0. The largest absolute Gasteiger partial charge is 0.392 e. The lowest BCUT2D eigenvalue weighted by atomic mass is 10.0. The van der Waals surface area contributed by atoms with Crippen molar-refractivity contribution in [2.24, 2.45) is 0 Å². The second-order valence-corrected chi connectivity index (χ2v) is 3.23. The van der Waals surface area contributed by atoms with E-state index >= 15 is 0 Å². The molecule has 0 amide bonds. The van der Waals surface area contributed by atoms with Gasteiger partial charge in [-0.05, 0) is 23.3 Å². The number of aliphatic hydroxyl groups excluding tert-OH is 1. The van der Waals surface area contributed by atoms with Crippen molar-refractivity contribution in [3.05, 3.63) is 58.5 Å². The molecule has 0 unspecified atom stereocenters. The number of hydrogen-bond acceptors (Lipinski definition) is 2. The van der Waals surface area contributed by atoms with Crippen LogP contribution in [0.5, 0.6) is 0 Å². The van der Waals surface area contributed by atoms with Gasteiger partial charge in [0.1, 0.15) is 0 Å². The zero-order valence-electron chi connectivity index (χ0n) is 8.10. The molecule has 0 fully saturated rings. The Kier molecular flexibility index (Phi) is 2.65. The van der Waals surface area contributed by atoms with Crippen molar-refractivity contribution >= 4 is 0 Å². The number of nitrogens with one attached hydrogen (secondary N) is 1. The van der Waals surface area contributed by atoms with Gasteiger partial charge in [-0.1, -0.05) is 24.3 Å². The minimum Gasteiger partial charge on any atom is -0.392 e. The van der Waals surface area contributed by atoms with Crippen LogP contribution in [0.25, 0.3) is 11.1 Å². The van der Waals surface area contributed by atoms with Crippen molar-refractivity contribution in [3.63, 3.8) is 0 Å². The molecular weight excluding hydrogens is 190 g/mol. The summed E-state index contributed by atoms with van der Waals surface area (Å²) in [5, 5.41) is 9.16. The number of rotatable bonds is 2. The normalized spacial score (nSPS) is 10.2. The number of hydrogen-bond donors (Lipinski definition) is 2. The van der Waals surface area contributed by atoms with Gasteiger partial charge in [-0.3, -0.25) is 4.79 Å². The van der Waals surface area contributed by atoms with E-state index in [-0.39, 0.29) is 12.2 Å². The summed E-state index contributed by atoms with van der Waals surface area (Å²) in [6, 6.07) is 10.8. The van der Waals surface area contributed by atoms with E-state index in [2.05, 4.69) is 4.98 Å². The topological polar surface area (TPSA) is 53.1 Å². The van der Waals surface area contributed by atoms with Crippen molar-refractivity contribution in [1.29, 1.82) is 0 Å². The summed E-state index contributed by atoms with van der Waals surface area (Å²) in [5.41, 5.74) is 1.98. The lowest BCUT2D eigenvalue weighted by Crippen LogP contribution is -2.08. The first kappa shape index (κ1) is 9.68. The van der Waals surface area contributed by atoms with Crippen molar-refractivity contribution in [3.8, 4) is 11.1 Å². The predicted octanol–water partition coefficient (Wildman–Crippen LogP) is 1.53. The molecule has 2 aromatic rings. The Morgan fingerprint density at radius 3 is 2.53 bits per heavy atom. The number of H-pyrrole nitrogens is 1. The first-order valence-electron chi connectivity index (χ1n) is 4.70. The molecule has 2 rings (SSSR count). The molecular formula is C12H11NO2. The van der Waals surface area contributed by atoms with Crippen molar-refractivity contribution in [2.45, 2.75) is 6.61 Å². The molecule has 0 atom stereocenters. The monoisotopic (exact) mass is 201 g/mol. The molecule has 1 aromatic heterocycles. The summed E-state index contributed by atoms with van der Waals surface area (Å²) in [6.07, 6.45) is 1.59. The highest BCUT2D eigenvalue weighted by molar-refractivity contribution is 5.66. The van der Waals surface area contributed by atoms with Crippen LogP contribution < -0.4 is 5.56 Å². The van der Waals surface area contributed by atoms with Gasteiger partial charge in [0.25, 0.3) is 5.56 Å². The molecule has 0 aliphatic rings. The molecule has 0 aliphatic heterocycles. The summed E-state index contributed by atoms with van der Waals surface area (Å²) in [7, 11) is 0. The van der Waals surface area contributed by atoms with Gasteiger partial charge in [0.15, 0.2) is 0 Å². The Balaban J connectivity index is 2.64. The van der Waals surface area contributed by atoms with Crippen molar-refractivity contribution < 1.29 is 5.11 Å². The van der Waals surface area contributed by atoms with Crippen molar-refractivity contribution in [2.75, 3.05) is 0 Å². The highest BCUT2D eigenvalue weighted by atomic mass is 16.3. The van der Waals surface area contributed by atoms with Crippen LogP contribution in [0.1, 0.15) is 5.56 Å². The standard InChI is InChI=1S/C12H11NO2/c14-8-9-4-1-2-5-10(9)11-6-3-7-13-12(11)15/h1-7,14H,8H2,(H,13,15). The van der Waals surface area contributed by atoms with E-state index < -0.39 is 0 Å². The molecule has 0 spiro atoms. The van der Waals surface area contributed by atoms with Gasteiger partial charge in [0, 0.05) is 11.8 Å². The van der Waals surface area contributed by atoms with E-state index in [9.17, 15) is 4.79 Å². The Hall–Kier alpha value is -1.87. The maximum absolute atomic E-state index is 11.6. The molecule has 3 nitrogen and oxygen atoms in total. The second kappa shape index (κ2) is 4.11. The minimum absolute atomic E-state index is 0.0650. The first-order valence-corrected chi connectivity index (χ1v) is 4.70. The van der Waals surface area contributed by atoms with Gasteiger partial charge in [-0.15, -0.1) is 0 Å². The zero-order chi connectivity index (χ0) is 10.7. The predicted molar refractivity (Wildman–Crippen MR) is 58.4 cm³/mol. The zero-order valence-corrected chi connectivity index (χ0v) is 8.10. The number of aliphatic hydroxyl groups is 1. The molecule has 3 heteroatoms. The molecule has 0 bridgehead atoms. The Labute approximate surface area is 87.0 Å². The van der Waals surface area contributed by atoms with Gasteiger partial charge in [0.05, 0.1) is 6.61 Å². The summed E-state index contributed by atoms with van der Waals surface area (Å²) in [6.45, 7) is -0.0650. The van der Waals surface area contributed by atoms with Crippen LogP contribution in [0, 0.1) is 0 Å². The third kappa shape index (κ3) is 1.82. The fourth-order valence-corrected chi connectivity index (χ4v) is 1.55. The molecule has 76 valence electrons. The quantitative estimate of drug-likeness (QED) is 0.774. The van der Waals surface area contributed by atoms with E-state index in [4.69, 9.17) is 5.11 Å². The van der Waals surface area contributed by atoms with Crippen LogP contribution in [0.2, 0.25) is 0 Å². The number of aromatic amines is 1. The van der Waals surface area contributed by atoms with Crippen LogP contribution in [-0.4, -0.2) is 10.1 Å². The van der Waals surface area contributed by atoms with Crippen LogP contribution in [0.15, 0.2) is 47.4 Å². The van der Waals surface area contributed by atoms with Crippen LogP contribution in [0.3, 0.4) is 0 Å². The van der Waals surface area contributed by atoms with Gasteiger partial charge >= 0.3 is 0 Å². The summed E-state index contributed by atoms with van der Waals surface area (Å²) in [5.74, 6) is 0. The van der Waals surface area contributed by atoms with Crippen LogP contribution in [-0.2, 0) is 6.61 Å². The summed E-state index contributed by atoms with van der Waals surface area (Å²) in [4.78, 5) is 14.2. The molecule has 15 heavy (non-hydrogen) atoms. The maximum Gasteiger partial charge on any atom is 0.255 e. The smallest absolute Gasteiger partial charge is 0.255 e. The lowest BCUT2D eigenvalue weighted by Gasteiger charge is -2.05. The number of benzene rings is 1. The third-order valence-electron chi connectivity index (χ3n) is 2.30. The Bertz CT molecular complexity index is 517. The van der Waals surface area contributed by atoms with Gasteiger partial charge in [-0.25, -0.2) is 0 Å². The maximum atomic E-state index is 11.6. The molecule has 1 heterocycles. The average Bonchev–Trinajstić information content (AvgIpc) is 2.30. The van der Waals surface area contributed by atoms with Gasteiger partial charge in [0.2, 0.25) is 0 Å². The first-order chi connectivity index (χ1) is 7.33. The van der Waals surface area contributed by atoms with E-state index in [1.165, 1.54) is 0 Å². The summed E-state index contributed by atoms with van der Waals surface area (Å²) >= 11 is 0. The van der Waals surface area contributed by atoms with Crippen LogP contribution >= 0.6 is 0 Å². The third-order valence-corrected chi connectivity index (χ3v) is 2.30. The van der Waals surface area contributed by atoms with E-state index in [0.717, 1.165) is 11.1 Å². The second-order valence-electron chi connectivity index (χ2n) is 3.23. The molecule has 1 aromatic carbocycles. The van der Waals surface area contributed by atoms with Gasteiger partial charge < -0.3 is 10.1 Å². The highest BCUT2D eigenvalue weighted by Crippen LogP contribution is 2.19. The van der Waals surface area contributed by atoms with E-state index in [1.807, 2.05) is 24.3 Å². The van der Waals surface area contributed by atoms with E-state index in [1.54, 1.807) is 18.3 Å². The molecule has 0 saturated heterocycles. The Morgan fingerprint density at radius 2 is 1.80 bits per heavy atom. The van der Waals surface area contributed by atoms with Crippen LogP contribution in [0.4, 0.5) is 0 Å². The molecule has 0 radical (unpaired) electrons. The lowest BCUT2D eigenvalue weighted by molar-refractivity contribution is 0.282. The molecule has 2 N–H and O–H groups in total.